The van der Waals surface area contributed by atoms with E-state index in [1.807, 2.05) is 0 Å². The van der Waals surface area contributed by atoms with Crippen LogP contribution in [0.15, 0.2) is 0 Å². The smallest absolute Gasteiger partial charge is 0.156 e. The minimum atomic E-state index is 0.308. The molecule has 0 aromatic carbocycles. The van der Waals surface area contributed by atoms with Gasteiger partial charge >= 0.3 is 0 Å². The van der Waals surface area contributed by atoms with Crippen LogP contribution in [0, 0.1) is 0 Å². The Morgan fingerprint density at radius 2 is 2.25 bits per heavy atom. The van der Waals surface area contributed by atoms with E-state index in [-0.39, 0.29) is 0 Å². The van der Waals surface area contributed by atoms with Crippen molar-refractivity contribution in [3.63, 3.8) is 0 Å². The van der Waals surface area contributed by atoms with E-state index >= 15 is 0 Å². The van der Waals surface area contributed by atoms with Gasteiger partial charge in [0.1, 0.15) is 5.82 Å². The summed E-state index contributed by atoms with van der Waals surface area (Å²) in [5.74, 6) is 2.06. The van der Waals surface area contributed by atoms with E-state index < -0.39 is 0 Å². The number of aromatic amines is 1. The number of aromatic nitrogens is 3. The predicted molar refractivity (Wildman–Crippen MR) is 47.0 cm³/mol. The molecule has 0 unspecified atom stereocenters. The summed E-state index contributed by atoms with van der Waals surface area (Å²) in [5, 5.41) is 7.22. The van der Waals surface area contributed by atoms with Crippen LogP contribution in [0.5, 0.6) is 0 Å². The first kappa shape index (κ1) is 7.77. The van der Waals surface area contributed by atoms with Gasteiger partial charge < -0.3 is 0 Å². The minimum absolute atomic E-state index is 0.308. The number of hydrogen-bond donors (Lipinski definition) is 1. The van der Waals surface area contributed by atoms with Gasteiger partial charge in [-0.25, -0.2) is 4.98 Å². The lowest BCUT2D eigenvalue weighted by molar-refractivity contribution is 0.713. The zero-order valence-corrected chi connectivity index (χ0v) is 7.72. The Hall–Kier alpha value is -0.860. The van der Waals surface area contributed by atoms with Crippen molar-refractivity contribution in [2.45, 2.75) is 44.9 Å². The van der Waals surface area contributed by atoms with Crippen LogP contribution in [0.2, 0.25) is 0 Å². The molecule has 1 aromatic heterocycles. The zero-order chi connectivity index (χ0) is 8.60. The second-order valence-electron chi connectivity index (χ2n) is 3.92. The van der Waals surface area contributed by atoms with Gasteiger partial charge in [-0.15, -0.1) is 0 Å². The van der Waals surface area contributed by atoms with E-state index in [4.69, 9.17) is 0 Å². The Kier molecular flexibility index (Phi) is 1.67. The van der Waals surface area contributed by atoms with Crippen LogP contribution in [0.4, 0.5) is 0 Å². The second kappa shape index (κ2) is 2.57. The second-order valence-corrected chi connectivity index (χ2v) is 3.92. The van der Waals surface area contributed by atoms with E-state index in [9.17, 15) is 0 Å². The van der Waals surface area contributed by atoms with Gasteiger partial charge in [0.05, 0.1) is 0 Å². The summed E-state index contributed by atoms with van der Waals surface area (Å²) in [5.41, 5.74) is 0.308. The summed E-state index contributed by atoms with van der Waals surface area (Å²) in [6.45, 7) is 4.38. The molecular weight excluding hydrogens is 150 g/mol. The quantitative estimate of drug-likeness (QED) is 0.742. The van der Waals surface area contributed by atoms with E-state index in [1.165, 1.54) is 12.8 Å². The van der Waals surface area contributed by atoms with Crippen LogP contribution in [0.25, 0.3) is 0 Å². The average molecular weight is 165 g/mol. The topological polar surface area (TPSA) is 41.6 Å². The molecule has 3 nitrogen and oxygen atoms in total. The molecule has 0 spiro atoms. The molecule has 12 heavy (non-hydrogen) atoms. The lowest BCUT2D eigenvalue weighted by Gasteiger charge is -1.98. The summed E-state index contributed by atoms with van der Waals surface area (Å²) in [6, 6.07) is 0. The largest absolute Gasteiger partial charge is 0.263 e. The first-order valence-corrected chi connectivity index (χ1v) is 4.66. The highest BCUT2D eigenvalue weighted by atomic mass is 15.2. The number of hydrogen-bond acceptors (Lipinski definition) is 2. The Bertz CT molecular complexity index is 273. The maximum atomic E-state index is 4.47. The van der Waals surface area contributed by atoms with E-state index in [0.29, 0.717) is 5.41 Å². The maximum Gasteiger partial charge on any atom is 0.156 e. The normalized spacial score (nSPS) is 19.5. The molecule has 0 bridgehead atoms. The maximum absolute atomic E-state index is 4.47. The number of nitrogens with zero attached hydrogens (tertiary/aromatic N) is 2. The molecule has 0 saturated heterocycles. The lowest BCUT2D eigenvalue weighted by atomic mass is 10.1. The molecule has 0 amide bonds. The van der Waals surface area contributed by atoms with Gasteiger partial charge in [-0.1, -0.05) is 13.8 Å². The number of aryl methyl sites for hydroxylation is 1. The van der Waals surface area contributed by atoms with Gasteiger partial charge in [0.15, 0.2) is 5.82 Å². The van der Waals surface area contributed by atoms with Crippen molar-refractivity contribution in [1.29, 1.82) is 0 Å². The first-order chi connectivity index (χ1) is 5.74. The fourth-order valence-corrected chi connectivity index (χ4v) is 1.32. The SMILES string of the molecule is CCCc1nc(C2(C)CC2)n[nH]1. The molecule has 3 heteroatoms. The van der Waals surface area contributed by atoms with Crippen LogP contribution < -0.4 is 0 Å². The summed E-state index contributed by atoms with van der Waals surface area (Å²) in [4.78, 5) is 4.47. The molecule has 0 radical (unpaired) electrons. The summed E-state index contributed by atoms with van der Waals surface area (Å²) in [7, 11) is 0. The highest BCUT2D eigenvalue weighted by molar-refractivity contribution is 5.15. The average Bonchev–Trinajstić information content (AvgIpc) is 2.64. The van der Waals surface area contributed by atoms with E-state index in [0.717, 1.165) is 24.5 Å². The third kappa shape index (κ3) is 1.24. The molecular formula is C9H15N3. The van der Waals surface area contributed by atoms with E-state index in [1.54, 1.807) is 0 Å². The van der Waals surface area contributed by atoms with E-state index in [2.05, 4.69) is 29.0 Å². The van der Waals surface area contributed by atoms with Crippen LogP contribution >= 0.6 is 0 Å². The highest BCUT2D eigenvalue weighted by Gasteiger charge is 2.42. The Morgan fingerprint density at radius 1 is 1.50 bits per heavy atom. The number of rotatable bonds is 3. The molecule has 0 aliphatic heterocycles. The Balaban J connectivity index is 2.13. The molecule has 1 heterocycles. The third-order valence-corrected chi connectivity index (χ3v) is 2.56. The van der Waals surface area contributed by atoms with Crippen LogP contribution in [0.1, 0.15) is 44.8 Å². The molecule has 1 saturated carbocycles. The van der Waals surface area contributed by atoms with Crippen molar-refractivity contribution in [3.05, 3.63) is 11.6 Å². The molecule has 66 valence electrons. The standard InChI is InChI=1S/C9H15N3/c1-3-4-7-10-8(12-11-7)9(2)5-6-9/h3-6H2,1-2H3,(H,10,11,12). The zero-order valence-electron chi connectivity index (χ0n) is 7.72. The molecule has 2 rings (SSSR count). The number of nitrogens with one attached hydrogen (secondary N) is 1. The highest BCUT2D eigenvalue weighted by Crippen LogP contribution is 2.45. The van der Waals surface area contributed by atoms with Gasteiger partial charge in [0.25, 0.3) is 0 Å². The monoisotopic (exact) mass is 165 g/mol. The third-order valence-electron chi connectivity index (χ3n) is 2.56. The Labute approximate surface area is 72.6 Å². The summed E-state index contributed by atoms with van der Waals surface area (Å²) < 4.78 is 0. The van der Waals surface area contributed by atoms with Gasteiger partial charge in [-0.05, 0) is 19.3 Å². The van der Waals surface area contributed by atoms with Crippen molar-refractivity contribution < 1.29 is 0 Å². The van der Waals surface area contributed by atoms with Crippen molar-refractivity contribution in [2.75, 3.05) is 0 Å². The summed E-state index contributed by atoms with van der Waals surface area (Å²) in [6.07, 6.45) is 4.64. The predicted octanol–water partition coefficient (Wildman–Crippen LogP) is 1.81. The van der Waals surface area contributed by atoms with Gasteiger partial charge in [-0.2, -0.15) is 5.10 Å². The van der Waals surface area contributed by atoms with Crippen molar-refractivity contribution >= 4 is 0 Å². The Morgan fingerprint density at radius 3 is 2.83 bits per heavy atom. The van der Waals surface area contributed by atoms with Crippen molar-refractivity contribution in [2.24, 2.45) is 0 Å². The number of H-pyrrole nitrogens is 1. The van der Waals surface area contributed by atoms with Crippen LogP contribution in [-0.4, -0.2) is 15.2 Å². The van der Waals surface area contributed by atoms with Crippen LogP contribution in [-0.2, 0) is 11.8 Å². The van der Waals surface area contributed by atoms with Crippen molar-refractivity contribution in [3.8, 4) is 0 Å². The molecule has 1 aromatic rings. The van der Waals surface area contributed by atoms with Crippen molar-refractivity contribution in [1.82, 2.24) is 15.2 Å². The van der Waals surface area contributed by atoms with Crippen LogP contribution in [0.3, 0.4) is 0 Å². The first-order valence-electron chi connectivity index (χ1n) is 4.66. The van der Waals surface area contributed by atoms with Gasteiger partial charge in [-0.3, -0.25) is 5.10 Å². The minimum Gasteiger partial charge on any atom is -0.263 e. The molecule has 1 aliphatic rings. The van der Waals surface area contributed by atoms with Gasteiger partial charge in [0, 0.05) is 11.8 Å². The lowest BCUT2D eigenvalue weighted by Crippen LogP contribution is -2.02. The molecule has 1 fully saturated rings. The molecule has 1 N–H and O–H groups in total. The fourth-order valence-electron chi connectivity index (χ4n) is 1.32. The fraction of sp³-hybridized carbons (Fsp3) is 0.778. The molecule has 0 atom stereocenters. The summed E-state index contributed by atoms with van der Waals surface area (Å²) >= 11 is 0. The van der Waals surface area contributed by atoms with Gasteiger partial charge in [0.2, 0.25) is 0 Å². The molecule has 1 aliphatic carbocycles.